The van der Waals surface area contributed by atoms with Crippen molar-refractivity contribution in [3.63, 3.8) is 0 Å². The lowest BCUT2D eigenvalue weighted by Crippen LogP contribution is -2.13. The number of rotatable bonds is 4. The molecule has 118 valence electrons. The zero-order valence-electron chi connectivity index (χ0n) is 13.4. The van der Waals surface area contributed by atoms with Gasteiger partial charge in [-0.2, -0.15) is 10.1 Å². The molecule has 2 heterocycles. The van der Waals surface area contributed by atoms with E-state index in [1.165, 1.54) is 11.9 Å². The van der Waals surface area contributed by atoms with E-state index in [9.17, 15) is 4.79 Å². The third-order valence-corrected chi connectivity index (χ3v) is 3.83. The molecule has 0 unspecified atom stereocenters. The first-order valence-corrected chi connectivity index (χ1v) is 7.41. The summed E-state index contributed by atoms with van der Waals surface area (Å²) in [5.41, 5.74) is 4.62. The highest BCUT2D eigenvalue weighted by atomic mass is 16.5. The maximum atomic E-state index is 12.1. The van der Waals surface area contributed by atoms with Gasteiger partial charge in [0.2, 0.25) is 0 Å². The van der Waals surface area contributed by atoms with Gasteiger partial charge in [-0.3, -0.25) is 4.79 Å². The van der Waals surface area contributed by atoms with Crippen molar-refractivity contribution in [3.05, 3.63) is 58.7 Å². The van der Waals surface area contributed by atoms with Crippen LogP contribution in [0.2, 0.25) is 0 Å². The highest BCUT2D eigenvalue weighted by Gasteiger charge is 2.15. The summed E-state index contributed by atoms with van der Waals surface area (Å²) in [6, 6.07) is 7.92. The predicted octanol–water partition coefficient (Wildman–Crippen LogP) is 2.34. The summed E-state index contributed by atoms with van der Waals surface area (Å²) in [6.45, 7) is 6.06. The number of aromatic nitrogens is 4. The van der Waals surface area contributed by atoms with Crippen LogP contribution in [-0.4, -0.2) is 25.6 Å². The minimum absolute atomic E-state index is 0.173. The molecule has 0 saturated heterocycles. The number of hydrogen-bond donors (Lipinski definition) is 0. The normalized spacial score (nSPS) is 10.9. The van der Waals surface area contributed by atoms with E-state index >= 15 is 0 Å². The first kappa shape index (κ1) is 15.1. The Kier molecular flexibility index (Phi) is 4.06. The molecule has 0 spiro atoms. The van der Waals surface area contributed by atoms with Crippen molar-refractivity contribution < 1.29 is 9.53 Å². The van der Waals surface area contributed by atoms with Crippen LogP contribution in [0, 0.1) is 20.8 Å². The number of carbonyl (C=O) groups is 1. The van der Waals surface area contributed by atoms with E-state index in [0.29, 0.717) is 5.78 Å². The Morgan fingerprint density at radius 3 is 2.65 bits per heavy atom. The zero-order valence-corrected chi connectivity index (χ0v) is 13.4. The van der Waals surface area contributed by atoms with Gasteiger partial charge in [-0.1, -0.05) is 29.8 Å². The molecule has 1 aromatic carbocycles. The SMILES string of the molecule is Cc1ccc(COC(=O)Cc2c(C)nc3ncnn3c2C)cc1. The largest absolute Gasteiger partial charge is 0.461 e. The number of hydrogen-bond acceptors (Lipinski definition) is 5. The van der Waals surface area contributed by atoms with Crippen LogP contribution in [0.5, 0.6) is 0 Å². The van der Waals surface area contributed by atoms with Crippen molar-refractivity contribution >= 4 is 11.7 Å². The average molecular weight is 310 g/mol. The Bertz CT molecular complexity index is 853. The zero-order chi connectivity index (χ0) is 16.4. The Hall–Kier alpha value is -2.76. The van der Waals surface area contributed by atoms with Gasteiger partial charge in [0, 0.05) is 17.0 Å². The molecule has 0 bridgehead atoms. The molecule has 3 rings (SSSR count). The van der Waals surface area contributed by atoms with Crippen molar-refractivity contribution in [2.24, 2.45) is 0 Å². The van der Waals surface area contributed by atoms with Crippen molar-refractivity contribution in [3.8, 4) is 0 Å². The fourth-order valence-electron chi connectivity index (χ4n) is 2.45. The van der Waals surface area contributed by atoms with Crippen LogP contribution in [0.3, 0.4) is 0 Å². The van der Waals surface area contributed by atoms with Crippen molar-refractivity contribution in [2.75, 3.05) is 0 Å². The number of fused-ring (bicyclic) bond motifs is 1. The highest BCUT2D eigenvalue weighted by Crippen LogP contribution is 2.14. The van der Waals surface area contributed by atoms with Crippen LogP contribution in [0.4, 0.5) is 0 Å². The summed E-state index contributed by atoms with van der Waals surface area (Å²) in [6.07, 6.45) is 1.63. The third-order valence-electron chi connectivity index (χ3n) is 3.83. The molecule has 6 nitrogen and oxygen atoms in total. The average Bonchev–Trinajstić information content (AvgIpc) is 2.99. The lowest BCUT2D eigenvalue weighted by molar-refractivity contribution is -0.144. The van der Waals surface area contributed by atoms with Gasteiger partial charge in [0.05, 0.1) is 6.42 Å². The number of aryl methyl sites for hydroxylation is 3. The molecule has 0 N–H and O–H groups in total. The number of carbonyl (C=O) groups excluding carboxylic acids is 1. The molecular formula is C17H18N4O2. The quantitative estimate of drug-likeness (QED) is 0.692. The van der Waals surface area contributed by atoms with Crippen LogP contribution >= 0.6 is 0 Å². The second-order valence-corrected chi connectivity index (χ2v) is 5.56. The van der Waals surface area contributed by atoms with Crippen LogP contribution in [0.1, 0.15) is 28.1 Å². The number of ether oxygens (including phenoxy) is 1. The summed E-state index contributed by atoms with van der Waals surface area (Å²) in [4.78, 5) is 20.6. The molecule has 0 atom stereocenters. The van der Waals surface area contributed by atoms with Gasteiger partial charge in [-0.15, -0.1) is 0 Å². The smallest absolute Gasteiger partial charge is 0.310 e. The lowest BCUT2D eigenvalue weighted by atomic mass is 10.1. The van der Waals surface area contributed by atoms with E-state index in [0.717, 1.165) is 22.5 Å². The molecule has 0 saturated carbocycles. The van der Waals surface area contributed by atoms with E-state index < -0.39 is 0 Å². The maximum Gasteiger partial charge on any atom is 0.310 e. The molecular weight excluding hydrogens is 292 g/mol. The summed E-state index contributed by atoms with van der Waals surface area (Å²) < 4.78 is 7.00. The van der Waals surface area contributed by atoms with E-state index in [4.69, 9.17) is 4.74 Å². The summed E-state index contributed by atoms with van der Waals surface area (Å²) in [5.74, 6) is 0.259. The van der Waals surface area contributed by atoms with Gasteiger partial charge in [0.25, 0.3) is 5.78 Å². The van der Waals surface area contributed by atoms with Gasteiger partial charge >= 0.3 is 5.97 Å². The maximum absolute atomic E-state index is 12.1. The topological polar surface area (TPSA) is 69.4 Å². The molecule has 0 radical (unpaired) electrons. The third kappa shape index (κ3) is 3.21. The molecule has 0 fully saturated rings. The van der Waals surface area contributed by atoms with Crippen LogP contribution in [0.25, 0.3) is 5.78 Å². The monoisotopic (exact) mass is 310 g/mol. The Labute approximate surface area is 134 Å². The molecule has 0 aliphatic carbocycles. The van der Waals surface area contributed by atoms with Crippen molar-refractivity contribution in [1.82, 2.24) is 19.6 Å². The molecule has 3 aromatic rings. The lowest BCUT2D eigenvalue weighted by Gasteiger charge is -2.10. The summed E-state index contributed by atoms with van der Waals surface area (Å²) in [5, 5.41) is 4.12. The Morgan fingerprint density at radius 2 is 1.91 bits per heavy atom. The van der Waals surface area contributed by atoms with E-state index in [-0.39, 0.29) is 19.0 Å². The minimum Gasteiger partial charge on any atom is -0.461 e. The van der Waals surface area contributed by atoms with Gasteiger partial charge in [-0.25, -0.2) is 9.50 Å². The summed E-state index contributed by atoms with van der Waals surface area (Å²) >= 11 is 0. The van der Waals surface area contributed by atoms with Gasteiger partial charge in [-0.05, 0) is 26.3 Å². The molecule has 6 heteroatoms. The number of esters is 1. The van der Waals surface area contributed by atoms with E-state index in [1.54, 1.807) is 4.52 Å². The predicted molar refractivity (Wildman–Crippen MR) is 84.9 cm³/mol. The molecule has 0 amide bonds. The highest BCUT2D eigenvalue weighted by molar-refractivity contribution is 5.73. The van der Waals surface area contributed by atoms with E-state index in [2.05, 4.69) is 15.1 Å². The number of nitrogens with zero attached hydrogens (tertiary/aromatic N) is 4. The van der Waals surface area contributed by atoms with Crippen molar-refractivity contribution in [1.29, 1.82) is 0 Å². The number of benzene rings is 1. The van der Waals surface area contributed by atoms with Gasteiger partial charge in [0.15, 0.2) is 0 Å². The minimum atomic E-state index is -0.280. The van der Waals surface area contributed by atoms with E-state index in [1.807, 2.05) is 45.0 Å². The van der Waals surface area contributed by atoms with Gasteiger partial charge in [0.1, 0.15) is 12.9 Å². The standard InChI is InChI=1S/C17H18N4O2/c1-11-4-6-14(7-5-11)9-23-16(22)8-15-12(2)20-17-18-10-19-21(17)13(15)3/h4-7,10H,8-9H2,1-3H3. The summed E-state index contributed by atoms with van der Waals surface area (Å²) in [7, 11) is 0. The van der Waals surface area contributed by atoms with Crippen LogP contribution in [0.15, 0.2) is 30.6 Å². The van der Waals surface area contributed by atoms with Crippen molar-refractivity contribution in [2.45, 2.75) is 33.8 Å². The van der Waals surface area contributed by atoms with Gasteiger partial charge < -0.3 is 4.74 Å². The second-order valence-electron chi connectivity index (χ2n) is 5.56. The fraction of sp³-hybridized carbons (Fsp3) is 0.294. The molecule has 2 aromatic heterocycles. The second kappa shape index (κ2) is 6.16. The Balaban J connectivity index is 1.71. The first-order chi connectivity index (χ1) is 11.0. The molecule has 0 aliphatic rings. The van der Waals surface area contributed by atoms with Crippen LogP contribution in [-0.2, 0) is 22.6 Å². The molecule has 0 aliphatic heterocycles. The van der Waals surface area contributed by atoms with Crippen LogP contribution < -0.4 is 0 Å². The Morgan fingerprint density at radius 1 is 1.17 bits per heavy atom. The first-order valence-electron chi connectivity index (χ1n) is 7.41. The fourth-order valence-corrected chi connectivity index (χ4v) is 2.45. The molecule has 23 heavy (non-hydrogen) atoms.